The van der Waals surface area contributed by atoms with Gasteiger partial charge in [-0.15, -0.1) is 12.4 Å². The second kappa shape index (κ2) is 8.58. The number of quaternary nitrogens is 1. The Labute approximate surface area is 179 Å². The molecule has 1 aromatic heterocycles. The molecule has 0 aliphatic carbocycles. The summed E-state index contributed by atoms with van der Waals surface area (Å²) in [5.41, 5.74) is 2.78. The van der Waals surface area contributed by atoms with Crippen molar-refractivity contribution in [1.29, 1.82) is 0 Å². The lowest BCUT2D eigenvalue weighted by Gasteiger charge is -2.26. The Morgan fingerprint density at radius 1 is 1.30 bits per heavy atom. The van der Waals surface area contributed by atoms with Gasteiger partial charge in [-0.05, 0) is 51.3 Å². The monoisotopic (exact) mass is 433 g/mol. The van der Waals surface area contributed by atoms with Crippen molar-refractivity contribution < 1.29 is 15.2 Å². The summed E-state index contributed by atoms with van der Waals surface area (Å²) in [6.07, 6.45) is 0.775. The van der Waals surface area contributed by atoms with Gasteiger partial charge < -0.3 is 20.2 Å². The Morgan fingerprint density at radius 3 is 2.73 bits per heavy atom. The number of rotatable bonds is 6. The summed E-state index contributed by atoms with van der Waals surface area (Å²) in [6, 6.07) is 8.60. The highest BCUT2D eigenvalue weighted by atomic mass is 35.5. The zero-order chi connectivity index (χ0) is 20.7. The Balaban J connectivity index is 0.00000256. The van der Waals surface area contributed by atoms with E-state index in [1.54, 1.807) is 35.9 Å². The smallest absolute Gasteiger partial charge is 0.348 e. The number of nitrogens with one attached hydrogen (secondary N) is 2. The Bertz CT molecular complexity index is 1150. The van der Waals surface area contributed by atoms with Gasteiger partial charge >= 0.3 is 5.69 Å². The first-order valence-electron chi connectivity index (χ1n) is 9.31. The van der Waals surface area contributed by atoms with Crippen molar-refractivity contribution >= 4 is 40.4 Å². The summed E-state index contributed by atoms with van der Waals surface area (Å²) in [7, 11) is 5.53. The number of methoxy groups -OCH3 is 1. The van der Waals surface area contributed by atoms with Gasteiger partial charge in [0.05, 0.1) is 23.7 Å². The average molecular weight is 434 g/mol. The lowest BCUT2D eigenvalue weighted by molar-refractivity contribution is -0.990. The van der Waals surface area contributed by atoms with Gasteiger partial charge in [-0.1, -0.05) is 0 Å². The number of nitrogens with zero attached hydrogens (tertiary/aromatic N) is 3. The summed E-state index contributed by atoms with van der Waals surface area (Å²) >= 11 is 0. The fraction of sp³-hybridized carbons (Fsp3) is 0.300. The first-order valence-corrected chi connectivity index (χ1v) is 9.31. The molecule has 0 radical (unpaired) electrons. The highest BCUT2D eigenvalue weighted by Crippen LogP contribution is 2.45. The van der Waals surface area contributed by atoms with Gasteiger partial charge in [-0.25, -0.2) is 10.0 Å². The lowest BCUT2D eigenvalue weighted by atomic mass is 9.97. The van der Waals surface area contributed by atoms with E-state index >= 15 is 0 Å². The number of halogens is 1. The second-order valence-corrected chi connectivity index (χ2v) is 7.28. The van der Waals surface area contributed by atoms with Gasteiger partial charge in [0.25, 0.3) is 0 Å². The fourth-order valence-corrected chi connectivity index (χ4v) is 3.73. The minimum absolute atomic E-state index is 0. The van der Waals surface area contributed by atoms with Crippen molar-refractivity contribution in [3.8, 4) is 17.0 Å². The van der Waals surface area contributed by atoms with E-state index in [9.17, 15) is 15.2 Å². The van der Waals surface area contributed by atoms with Crippen LogP contribution >= 0.6 is 12.4 Å². The van der Waals surface area contributed by atoms with Crippen LogP contribution in [0.2, 0.25) is 0 Å². The molecule has 30 heavy (non-hydrogen) atoms. The minimum Gasteiger partial charge on any atom is -0.595 e. The fourth-order valence-electron chi connectivity index (χ4n) is 3.73. The number of aryl methyl sites for hydroxylation is 1. The molecule has 0 spiro atoms. The Morgan fingerprint density at radius 2 is 2.07 bits per heavy atom. The maximum Gasteiger partial charge on any atom is 0.348 e. The second-order valence-electron chi connectivity index (χ2n) is 7.28. The molecule has 2 heterocycles. The molecule has 4 rings (SSSR count). The third kappa shape index (κ3) is 3.73. The summed E-state index contributed by atoms with van der Waals surface area (Å²) in [4.78, 5) is 19.3. The van der Waals surface area contributed by atoms with E-state index in [2.05, 4.69) is 15.2 Å². The third-order valence-electron chi connectivity index (χ3n) is 5.11. The van der Waals surface area contributed by atoms with Crippen molar-refractivity contribution in [2.75, 3.05) is 33.1 Å². The molecule has 0 saturated heterocycles. The highest BCUT2D eigenvalue weighted by molar-refractivity contribution is 6.11. The lowest BCUT2D eigenvalue weighted by Crippen LogP contribution is -2.99. The average Bonchev–Trinajstić information content (AvgIpc) is 2.69. The van der Waals surface area contributed by atoms with Gasteiger partial charge in [0.15, 0.2) is 5.69 Å². The molecular formula is C20H24ClN5O4. The van der Waals surface area contributed by atoms with E-state index in [0.717, 1.165) is 13.0 Å². The van der Waals surface area contributed by atoms with Crippen molar-refractivity contribution in [1.82, 2.24) is 14.5 Å². The molecule has 2 aromatic carbocycles. The zero-order valence-corrected chi connectivity index (χ0v) is 17.7. The van der Waals surface area contributed by atoms with Crippen LogP contribution in [0, 0.1) is 5.21 Å². The van der Waals surface area contributed by atoms with Crippen LogP contribution in [0.5, 0.6) is 5.75 Å². The van der Waals surface area contributed by atoms with Gasteiger partial charge in [0.2, 0.25) is 0 Å². The van der Waals surface area contributed by atoms with Crippen LogP contribution < -0.4 is 21.0 Å². The number of ether oxygens (including phenoxy) is 1. The molecule has 0 amide bonds. The van der Waals surface area contributed by atoms with Crippen LogP contribution in [-0.4, -0.2) is 47.4 Å². The number of hydrogen-bond donors (Lipinski definition) is 3. The number of fused-ring (bicyclic) bond motifs is 2. The molecule has 3 N–H and O–H groups in total. The number of benzene rings is 2. The topological polar surface area (TPSA) is 107 Å². The molecule has 0 fully saturated rings. The number of anilines is 2. The third-order valence-corrected chi connectivity index (χ3v) is 5.11. The molecule has 1 atom stereocenters. The summed E-state index contributed by atoms with van der Waals surface area (Å²) < 4.78 is 6.93. The van der Waals surface area contributed by atoms with Crippen molar-refractivity contribution in [2.45, 2.75) is 13.0 Å². The van der Waals surface area contributed by atoms with E-state index in [-0.39, 0.29) is 23.8 Å². The first kappa shape index (κ1) is 22.0. The van der Waals surface area contributed by atoms with Gasteiger partial charge in [-0.3, -0.25) is 4.57 Å². The SMILES string of the molecule is COc1ccc2c(c1)-c1nc(=O)n(CCCN(C)C)c3ccc([NH+]([O-])O)c(c13)N2.Cl. The minimum atomic E-state index is -1.04. The van der Waals surface area contributed by atoms with Crippen LogP contribution in [-0.2, 0) is 6.54 Å². The number of hydrogen-bond acceptors (Lipinski definition) is 7. The predicted octanol–water partition coefficient (Wildman–Crippen LogP) is 1.91. The van der Waals surface area contributed by atoms with Crippen LogP contribution in [0.15, 0.2) is 35.1 Å². The van der Waals surface area contributed by atoms with E-state index < -0.39 is 5.23 Å². The van der Waals surface area contributed by atoms with E-state index in [0.29, 0.717) is 45.8 Å². The van der Waals surface area contributed by atoms with E-state index in [1.165, 1.54) is 6.07 Å². The van der Waals surface area contributed by atoms with Gasteiger partial charge in [0.1, 0.15) is 11.4 Å². The number of aromatic nitrogens is 2. The van der Waals surface area contributed by atoms with E-state index in [4.69, 9.17) is 4.74 Å². The molecule has 160 valence electrons. The van der Waals surface area contributed by atoms with Crippen LogP contribution in [0.1, 0.15) is 6.42 Å². The van der Waals surface area contributed by atoms with Crippen molar-refractivity contribution in [2.24, 2.45) is 0 Å². The molecule has 1 aliphatic heterocycles. The molecule has 9 nitrogen and oxygen atoms in total. The molecule has 1 aliphatic rings. The molecule has 10 heteroatoms. The largest absolute Gasteiger partial charge is 0.595 e. The summed E-state index contributed by atoms with van der Waals surface area (Å²) in [5, 5.41) is 24.3. The molecule has 1 unspecified atom stereocenters. The summed E-state index contributed by atoms with van der Waals surface area (Å²) in [5.74, 6) is 0.633. The quantitative estimate of drug-likeness (QED) is 0.399. The predicted molar refractivity (Wildman–Crippen MR) is 117 cm³/mol. The van der Waals surface area contributed by atoms with Crippen LogP contribution in [0.3, 0.4) is 0 Å². The molecule has 3 aromatic rings. The highest BCUT2D eigenvalue weighted by Gasteiger charge is 2.27. The standard InChI is InChI=1S/C20H23N5O4.ClH/c1-23(2)9-4-10-24-15-7-8-16(25(27)28)19-17(15)18(22-20(24)26)13-11-12(29-3)5-6-14(13)21-19;/h5-8,11,21,25,27H,4,9-10H2,1-3H3;1H. The van der Waals surface area contributed by atoms with E-state index in [1.807, 2.05) is 14.1 Å². The summed E-state index contributed by atoms with van der Waals surface area (Å²) in [6.45, 7) is 1.33. The van der Waals surface area contributed by atoms with Crippen LogP contribution in [0.25, 0.3) is 22.2 Å². The van der Waals surface area contributed by atoms with Gasteiger partial charge in [-0.2, -0.15) is 10.2 Å². The van der Waals surface area contributed by atoms with Gasteiger partial charge in [0, 0.05) is 23.9 Å². The van der Waals surface area contributed by atoms with Crippen molar-refractivity contribution in [3.63, 3.8) is 0 Å². The van der Waals surface area contributed by atoms with Crippen molar-refractivity contribution in [3.05, 3.63) is 46.0 Å². The first-order chi connectivity index (χ1) is 13.9. The maximum absolute atomic E-state index is 12.9. The normalized spacial score (nSPS) is 12.9. The Kier molecular flexibility index (Phi) is 6.30. The molecule has 0 bridgehead atoms. The zero-order valence-electron chi connectivity index (χ0n) is 16.9. The maximum atomic E-state index is 12.9. The molecule has 0 saturated carbocycles. The van der Waals surface area contributed by atoms with Crippen LogP contribution in [0.4, 0.5) is 17.1 Å². The molecular weight excluding hydrogens is 410 g/mol. The Hall–Kier alpha value is -2.69.